The smallest absolute Gasteiger partial charge is 0.250 e. The molecule has 0 fully saturated rings. The Morgan fingerprint density at radius 2 is 1.79 bits per heavy atom. The van der Waals surface area contributed by atoms with E-state index in [4.69, 9.17) is 10.00 Å². The summed E-state index contributed by atoms with van der Waals surface area (Å²) < 4.78 is 6.38. The maximum absolute atomic E-state index is 12.4. The molecule has 2 N–H and O–H groups in total. The van der Waals surface area contributed by atoms with Crippen molar-refractivity contribution in [3.63, 3.8) is 0 Å². The first-order chi connectivity index (χ1) is 14.2. The van der Waals surface area contributed by atoms with Gasteiger partial charge in [0.2, 0.25) is 5.91 Å². The van der Waals surface area contributed by atoms with E-state index in [1.165, 1.54) is 0 Å². The predicted molar refractivity (Wildman–Crippen MR) is 114 cm³/mol. The molecule has 0 spiro atoms. The number of hydrogen-bond donors (Lipinski definition) is 2. The maximum Gasteiger partial charge on any atom is 0.250 e. The number of benzene rings is 1. The summed E-state index contributed by atoms with van der Waals surface area (Å²) in [6.07, 6.45) is 0. The molecule has 1 aliphatic rings. The third-order valence-corrected chi connectivity index (χ3v) is 6.89. The van der Waals surface area contributed by atoms with Gasteiger partial charge < -0.3 is 15.0 Å². The molecule has 0 aliphatic carbocycles. The van der Waals surface area contributed by atoms with Crippen LogP contribution < -0.4 is 5.32 Å². The van der Waals surface area contributed by atoms with Crippen LogP contribution in [0.1, 0.15) is 21.0 Å². The molecule has 1 aliphatic heterocycles. The molecular weight excluding hydrogens is 402 g/mol. The molecule has 0 unspecified atom stereocenters. The molecule has 4 aromatic rings. The van der Waals surface area contributed by atoms with Gasteiger partial charge in [-0.25, -0.2) is 0 Å². The summed E-state index contributed by atoms with van der Waals surface area (Å²) >= 11 is 3.20. The number of aromatic amines is 1. The lowest BCUT2D eigenvalue weighted by atomic mass is 9.87. The first kappa shape index (κ1) is 17.9. The topological polar surface area (TPSA) is 77.9 Å². The van der Waals surface area contributed by atoms with Gasteiger partial charge in [-0.05, 0) is 52.7 Å². The molecule has 7 heteroatoms. The minimum Gasteiger partial charge on any atom is -0.349 e. The second kappa shape index (κ2) is 7.01. The largest absolute Gasteiger partial charge is 0.349 e. The molecule has 1 amide bonds. The van der Waals surface area contributed by atoms with E-state index in [2.05, 4.69) is 16.4 Å². The average molecular weight is 418 g/mol. The van der Waals surface area contributed by atoms with Crippen molar-refractivity contribution in [1.29, 1.82) is 5.26 Å². The van der Waals surface area contributed by atoms with Crippen molar-refractivity contribution in [2.75, 3.05) is 11.9 Å². The van der Waals surface area contributed by atoms with E-state index in [9.17, 15) is 4.79 Å². The Balaban J connectivity index is 1.79. The maximum atomic E-state index is 12.4. The lowest BCUT2D eigenvalue weighted by Crippen LogP contribution is -2.31. The second-order valence-corrected chi connectivity index (χ2v) is 8.53. The number of nitrogens with one attached hydrogen (secondary N) is 2. The summed E-state index contributed by atoms with van der Waals surface area (Å²) in [5, 5.41) is 16.2. The highest BCUT2D eigenvalue weighted by atomic mass is 32.1. The van der Waals surface area contributed by atoms with Crippen LogP contribution in [0.15, 0.2) is 65.4 Å². The van der Waals surface area contributed by atoms with E-state index >= 15 is 0 Å². The fourth-order valence-electron chi connectivity index (χ4n) is 3.67. The van der Waals surface area contributed by atoms with Crippen molar-refractivity contribution in [2.45, 2.75) is 5.60 Å². The zero-order valence-electron chi connectivity index (χ0n) is 15.1. The van der Waals surface area contributed by atoms with E-state index in [0.29, 0.717) is 5.69 Å². The average Bonchev–Trinajstić information content (AvgIpc) is 3.51. The third kappa shape index (κ3) is 2.89. The van der Waals surface area contributed by atoms with Crippen molar-refractivity contribution in [3.8, 4) is 17.3 Å². The fraction of sp³-hybridized carbons (Fsp3) is 0.0909. The number of amides is 1. The molecule has 0 saturated carbocycles. The Bertz CT molecular complexity index is 1180. The number of fused-ring (bicyclic) bond motifs is 1. The number of carbonyl (C=O) groups excluding carboxylic acids is 1. The van der Waals surface area contributed by atoms with Gasteiger partial charge in [0.15, 0.2) is 5.60 Å². The standard InChI is InChI=1S/C22H15N3O2S2/c23-12-15-6-8-17(24-15)14-5-7-18-16(11-14)22(19-3-1-9-28-19,20-4-2-10-29-20)27-13-21(26)25-18/h1-11,24H,13H2,(H,25,26). The van der Waals surface area contributed by atoms with Crippen LogP contribution in [-0.4, -0.2) is 17.5 Å². The van der Waals surface area contributed by atoms with Gasteiger partial charge in [0.25, 0.3) is 0 Å². The highest BCUT2D eigenvalue weighted by Crippen LogP contribution is 2.48. The zero-order valence-corrected chi connectivity index (χ0v) is 16.8. The SMILES string of the molecule is N#Cc1ccc(-c2ccc3c(c2)C(c2cccs2)(c2cccs2)OCC(=O)N3)[nH]1. The Labute approximate surface area is 175 Å². The van der Waals surface area contributed by atoms with E-state index in [1.54, 1.807) is 28.7 Å². The minimum atomic E-state index is -0.877. The van der Waals surface area contributed by atoms with E-state index in [1.807, 2.05) is 59.3 Å². The number of H-pyrrole nitrogens is 1. The zero-order chi connectivity index (χ0) is 19.8. The van der Waals surface area contributed by atoms with Gasteiger partial charge >= 0.3 is 0 Å². The lowest BCUT2D eigenvalue weighted by molar-refractivity contribution is -0.123. The van der Waals surface area contributed by atoms with Gasteiger partial charge in [0.05, 0.1) is 0 Å². The number of thiophene rings is 2. The van der Waals surface area contributed by atoms with Crippen LogP contribution in [0.5, 0.6) is 0 Å². The summed E-state index contributed by atoms with van der Waals surface area (Å²) in [7, 11) is 0. The molecule has 1 aromatic carbocycles. The minimum absolute atomic E-state index is 0.0408. The van der Waals surface area contributed by atoms with Gasteiger partial charge in [-0.15, -0.1) is 22.7 Å². The van der Waals surface area contributed by atoms with Crippen molar-refractivity contribution < 1.29 is 9.53 Å². The summed E-state index contributed by atoms with van der Waals surface area (Å²) in [6.45, 7) is -0.0408. The number of ether oxygens (including phenoxy) is 1. The first-order valence-corrected chi connectivity index (χ1v) is 10.7. The van der Waals surface area contributed by atoms with Crippen LogP contribution >= 0.6 is 22.7 Å². The molecule has 5 nitrogen and oxygen atoms in total. The monoisotopic (exact) mass is 417 g/mol. The van der Waals surface area contributed by atoms with Gasteiger partial charge in [-0.3, -0.25) is 4.79 Å². The Morgan fingerprint density at radius 3 is 2.41 bits per heavy atom. The molecule has 0 radical (unpaired) electrons. The summed E-state index contributed by atoms with van der Waals surface area (Å²) in [5.74, 6) is -0.180. The van der Waals surface area contributed by atoms with Crippen LogP contribution in [0.4, 0.5) is 5.69 Å². The first-order valence-electron chi connectivity index (χ1n) is 8.96. The molecule has 142 valence electrons. The number of hydrogen-bond acceptors (Lipinski definition) is 5. The van der Waals surface area contributed by atoms with Crippen LogP contribution in [0, 0.1) is 11.3 Å². The predicted octanol–water partition coefficient (Wildman–Crippen LogP) is 4.94. The van der Waals surface area contributed by atoms with Crippen LogP contribution in [-0.2, 0) is 15.1 Å². The van der Waals surface area contributed by atoms with E-state index < -0.39 is 5.60 Å². The number of nitriles is 1. The van der Waals surface area contributed by atoms with Gasteiger partial charge in [0.1, 0.15) is 18.4 Å². The molecule has 3 aromatic heterocycles. The number of carbonyl (C=O) groups is 1. The number of nitrogens with zero attached hydrogens (tertiary/aromatic N) is 1. The molecule has 0 atom stereocenters. The number of anilines is 1. The van der Waals surface area contributed by atoms with Crippen molar-refractivity contribution >= 4 is 34.3 Å². The van der Waals surface area contributed by atoms with Gasteiger partial charge in [-0.2, -0.15) is 5.26 Å². The van der Waals surface area contributed by atoms with Crippen molar-refractivity contribution in [3.05, 3.63) is 86.4 Å². The quantitative estimate of drug-likeness (QED) is 0.496. The number of aromatic nitrogens is 1. The molecule has 0 bridgehead atoms. The normalized spacial score (nSPS) is 15.2. The fourth-order valence-corrected chi connectivity index (χ4v) is 5.54. The third-order valence-electron chi connectivity index (χ3n) is 4.95. The molecule has 4 heterocycles. The Hall–Kier alpha value is -3.18. The number of rotatable bonds is 3. The summed E-state index contributed by atoms with van der Waals surface area (Å²) in [4.78, 5) is 17.5. The van der Waals surface area contributed by atoms with Crippen molar-refractivity contribution in [2.24, 2.45) is 0 Å². The molecule has 5 rings (SSSR count). The summed E-state index contributed by atoms with van der Waals surface area (Å²) in [6, 6.07) is 19.7. The van der Waals surface area contributed by atoms with Crippen molar-refractivity contribution in [1.82, 2.24) is 4.98 Å². The van der Waals surface area contributed by atoms with Gasteiger partial charge in [-0.1, -0.05) is 18.2 Å². The van der Waals surface area contributed by atoms with Crippen LogP contribution in [0.3, 0.4) is 0 Å². The molecule has 29 heavy (non-hydrogen) atoms. The van der Waals surface area contributed by atoms with E-state index in [0.717, 1.165) is 32.3 Å². The lowest BCUT2D eigenvalue weighted by Gasteiger charge is -2.32. The Kier molecular flexibility index (Phi) is 4.32. The van der Waals surface area contributed by atoms with Crippen LogP contribution in [0.25, 0.3) is 11.3 Å². The van der Waals surface area contributed by atoms with E-state index in [-0.39, 0.29) is 12.5 Å². The highest BCUT2D eigenvalue weighted by molar-refractivity contribution is 7.11. The second-order valence-electron chi connectivity index (χ2n) is 6.63. The highest BCUT2D eigenvalue weighted by Gasteiger charge is 2.44. The Morgan fingerprint density at radius 1 is 1.03 bits per heavy atom. The molecular formula is C22H15N3O2S2. The van der Waals surface area contributed by atoms with Gasteiger partial charge in [0, 0.05) is 26.7 Å². The summed E-state index contributed by atoms with van der Waals surface area (Å²) in [5.41, 5.74) is 2.98. The molecule has 0 saturated heterocycles. The van der Waals surface area contributed by atoms with Crippen LogP contribution in [0.2, 0.25) is 0 Å².